The number of aromatic nitrogens is 2. The SMILES string of the molecule is Cc1nc(N[C@@H]2CCCc3ccccc32)cc(-c2ccc3c(c2)OC(F)(F)O3)n1. The van der Waals surface area contributed by atoms with Gasteiger partial charge in [-0.05, 0) is 55.5 Å². The van der Waals surface area contributed by atoms with Crippen LogP contribution in [-0.2, 0) is 6.42 Å². The van der Waals surface area contributed by atoms with E-state index in [1.807, 2.05) is 13.0 Å². The number of nitrogens with zero attached hydrogens (tertiary/aromatic N) is 2. The molecule has 0 saturated heterocycles. The zero-order chi connectivity index (χ0) is 20.0. The molecule has 29 heavy (non-hydrogen) atoms. The second-order valence-corrected chi connectivity index (χ2v) is 7.30. The summed E-state index contributed by atoms with van der Waals surface area (Å²) >= 11 is 0. The fraction of sp³-hybridized carbons (Fsp3) is 0.273. The Morgan fingerprint density at radius 2 is 1.86 bits per heavy atom. The summed E-state index contributed by atoms with van der Waals surface area (Å²) in [6.07, 6.45) is -0.412. The molecule has 0 spiro atoms. The van der Waals surface area contributed by atoms with Crippen LogP contribution >= 0.6 is 0 Å². The van der Waals surface area contributed by atoms with Crippen LogP contribution in [0, 0.1) is 6.92 Å². The van der Waals surface area contributed by atoms with Gasteiger partial charge < -0.3 is 14.8 Å². The minimum atomic E-state index is -3.64. The van der Waals surface area contributed by atoms with Crippen LogP contribution in [0.25, 0.3) is 11.3 Å². The van der Waals surface area contributed by atoms with Crippen molar-refractivity contribution >= 4 is 5.82 Å². The van der Waals surface area contributed by atoms with Gasteiger partial charge in [-0.15, -0.1) is 8.78 Å². The van der Waals surface area contributed by atoms with Gasteiger partial charge in [-0.3, -0.25) is 0 Å². The quantitative estimate of drug-likeness (QED) is 0.655. The van der Waals surface area contributed by atoms with Gasteiger partial charge in [0.25, 0.3) is 0 Å². The van der Waals surface area contributed by atoms with Gasteiger partial charge in [0, 0.05) is 11.6 Å². The number of anilines is 1. The first-order chi connectivity index (χ1) is 14.0. The fourth-order valence-electron chi connectivity index (χ4n) is 3.98. The van der Waals surface area contributed by atoms with Gasteiger partial charge in [0.1, 0.15) is 11.6 Å². The van der Waals surface area contributed by atoms with E-state index >= 15 is 0 Å². The average molecular weight is 395 g/mol. The first-order valence-electron chi connectivity index (χ1n) is 9.57. The minimum Gasteiger partial charge on any atom is -0.395 e. The number of aryl methyl sites for hydroxylation is 2. The van der Waals surface area contributed by atoms with E-state index in [4.69, 9.17) is 0 Å². The van der Waals surface area contributed by atoms with Gasteiger partial charge in [-0.1, -0.05) is 24.3 Å². The predicted octanol–water partition coefficient (Wildman–Crippen LogP) is 5.26. The van der Waals surface area contributed by atoms with Crippen molar-refractivity contribution in [1.29, 1.82) is 0 Å². The minimum absolute atomic E-state index is 0.000479. The van der Waals surface area contributed by atoms with Gasteiger partial charge in [0.15, 0.2) is 11.5 Å². The van der Waals surface area contributed by atoms with E-state index in [-0.39, 0.29) is 17.5 Å². The topological polar surface area (TPSA) is 56.3 Å². The number of nitrogens with one attached hydrogen (secondary N) is 1. The Bertz CT molecular complexity index is 1090. The third-order valence-corrected chi connectivity index (χ3v) is 5.23. The standard InChI is InChI=1S/C22H19F2N3O2/c1-13-25-18(15-9-10-19-20(11-15)29-22(23,24)28-19)12-21(26-13)27-17-8-4-6-14-5-2-3-7-16(14)17/h2-3,5,7,9-12,17H,4,6,8H2,1H3,(H,25,26,27)/t17-/m1/s1. The highest BCUT2D eigenvalue weighted by atomic mass is 19.3. The van der Waals surface area contributed by atoms with Crippen molar-refractivity contribution in [2.45, 2.75) is 38.5 Å². The van der Waals surface area contributed by atoms with E-state index in [1.54, 1.807) is 6.07 Å². The molecule has 0 radical (unpaired) electrons. The Balaban J connectivity index is 1.45. The molecule has 148 valence electrons. The number of hydrogen-bond donors (Lipinski definition) is 1. The zero-order valence-electron chi connectivity index (χ0n) is 15.8. The van der Waals surface area contributed by atoms with Crippen LogP contribution in [0.3, 0.4) is 0 Å². The lowest BCUT2D eigenvalue weighted by Crippen LogP contribution is -2.25. The summed E-state index contributed by atoms with van der Waals surface area (Å²) in [6.45, 7) is 1.81. The molecular formula is C22H19F2N3O2. The van der Waals surface area contributed by atoms with E-state index in [1.165, 1.54) is 23.3 Å². The van der Waals surface area contributed by atoms with Crippen LogP contribution < -0.4 is 14.8 Å². The van der Waals surface area contributed by atoms with Gasteiger partial charge in [0.2, 0.25) is 0 Å². The highest BCUT2D eigenvalue weighted by Crippen LogP contribution is 2.43. The average Bonchev–Trinajstić information content (AvgIpc) is 3.01. The van der Waals surface area contributed by atoms with Crippen molar-refractivity contribution in [3.63, 3.8) is 0 Å². The maximum atomic E-state index is 13.3. The largest absolute Gasteiger partial charge is 0.586 e. The molecular weight excluding hydrogens is 376 g/mol. The Hall–Kier alpha value is -3.22. The van der Waals surface area contributed by atoms with Crippen LogP contribution in [0.2, 0.25) is 0 Å². The second kappa shape index (κ2) is 6.69. The zero-order valence-corrected chi connectivity index (χ0v) is 15.8. The summed E-state index contributed by atoms with van der Waals surface area (Å²) in [5.74, 6) is 1.32. The first kappa shape index (κ1) is 17.8. The van der Waals surface area contributed by atoms with Gasteiger partial charge in [-0.2, -0.15) is 0 Å². The molecule has 0 saturated carbocycles. The van der Waals surface area contributed by atoms with E-state index in [0.717, 1.165) is 19.3 Å². The summed E-state index contributed by atoms with van der Waals surface area (Å²) in [5.41, 5.74) is 3.94. The lowest BCUT2D eigenvalue weighted by Gasteiger charge is -2.27. The van der Waals surface area contributed by atoms with Crippen molar-refractivity contribution in [1.82, 2.24) is 9.97 Å². The van der Waals surface area contributed by atoms with E-state index < -0.39 is 6.29 Å². The maximum Gasteiger partial charge on any atom is 0.586 e. The number of benzene rings is 2. The van der Waals surface area contributed by atoms with Crippen molar-refractivity contribution in [3.8, 4) is 22.8 Å². The molecule has 1 atom stereocenters. The smallest absolute Gasteiger partial charge is 0.395 e. The molecule has 1 aliphatic heterocycles. The van der Waals surface area contributed by atoms with Crippen LogP contribution in [0.4, 0.5) is 14.6 Å². The normalized spacial score (nSPS) is 18.9. The molecule has 0 fully saturated rings. The van der Waals surface area contributed by atoms with Crippen LogP contribution in [0.15, 0.2) is 48.5 Å². The molecule has 5 nitrogen and oxygen atoms in total. The molecule has 2 aliphatic rings. The van der Waals surface area contributed by atoms with Gasteiger partial charge >= 0.3 is 6.29 Å². The molecule has 0 amide bonds. The lowest BCUT2D eigenvalue weighted by molar-refractivity contribution is -0.286. The third kappa shape index (κ3) is 3.48. The van der Waals surface area contributed by atoms with Crippen LogP contribution in [0.1, 0.15) is 35.8 Å². The van der Waals surface area contributed by atoms with Crippen molar-refractivity contribution < 1.29 is 18.3 Å². The molecule has 1 N–H and O–H groups in total. The number of fused-ring (bicyclic) bond motifs is 2. The fourth-order valence-corrected chi connectivity index (χ4v) is 3.98. The second-order valence-electron chi connectivity index (χ2n) is 7.30. The predicted molar refractivity (Wildman–Crippen MR) is 104 cm³/mol. The van der Waals surface area contributed by atoms with Crippen LogP contribution in [-0.4, -0.2) is 16.3 Å². The van der Waals surface area contributed by atoms with Crippen LogP contribution in [0.5, 0.6) is 11.5 Å². The van der Waals surface area contributed by atoms with Crippen molar-refractivity contribution in [2.75, 3.05) is 5.32 Å². The summed E-state index contributed by atoms with van der Waals surface area (Å²) in [7, 11) is 0. The molecule has 0 bridgehead atoms. The number of rotatable bonds is 3. The molecule has 2 heterocycles. The van der Waals surface area contributed by atoms with Crippen molar-refractivity contribution in [2.24, 2.45) is 0 Å². The molecule has 5 rings (SSSR count). The number of alkyl halides is 2. The Kier molecular flexibility index (Phi) is 4.12. The summed E-state index contributed by atoms with van der Waals surface area (Å²) in [4.78, 5) is 8.99. The molecule has 1 aliphatic carbocycles. The molecule has 2 aromatic carbocycles. The third-order valence-electron chi connectivity index (χ3n) is 5.23. The maximum absolute atomic E-state index is 13.3. The number of hydrogen-bond acceptors (Lipinski definition) is 5. The molecule has 0 unspecified atom stereocenters. The summed E-state index contributed by atoms with van der Waals surface area (Å²) < 4.78 is 35.6. The van der Waals surface area contributed by atoms with E-state index in [9.17, 15) is 8.78 Å². The number of ether oxygens (including phenoxy) is 2. The highest BCUT2D eigenvalue weighted by Gasteiger charge is 2.43. The van der Waals surface area contributed by atoms with Crippen molar-refractivity contribution in [3.05, 3.63) is 65.5 Å². The molecule has 3 aromatic rings. The Morgan fingerprint density at radius 3 is 2.76 bits per heavy atom. The first-order valence-corrected chi connectivity index (χ1v) is 9.57. The van der Waals surface area contributed by atoms with E-state index in [0.29, 0.717) is 22.9 Å². The Morgan fingerprint density at radius 1 is 1.03 bits per heavy atom. The van der Waals surface area contributed by atoms with Gasteiger partial charge in [-0.25, -0.2) is 9.97 Å². The number of halogens is 2. The van der Waals surface area contributed by atoms with E-state index in [2.05, 4.69) is 49.0 Å². The monoisotopic (exact) mass is 395 g/mol. The molecule has 1 aromatic heterocycles. The Labute approximate surface area is 166 Å². The summed E-state index contributed by atoms with van der Waals surface area (Å²) in [5, 5.41) is 3.53. The molecule has 7 heteroatoms. The summed E-state index contributed by atoms with van der Waals surface area (Å²) in [6, 6.07) is 15.1. The highest BCUT2D eigenvalue weighted by molar-refractivity contribution is 5.67. The lowest BCUT2D eigenvalue weighted by atomic mass is 9.88. The van der Waals surface area contributed by atoms with Gasteiger partial charge in [0.05, 0.1) is 11.7 Å².